The van der Waals surface area contributed by atoms with Gasteiger partial charge in [0, 0.05) is 39.3 Å². The molecule has 0 aromatic heterocycles. The van der Waals surface area contributed by atoms with Crippen molar-refractivity contribution < 1.29 is 9.84 Å². The van der Waals surface area contributed by atoms with E-state index in [9.17, 15) is 5.11 Å². The highest BCUT2D eigenvalue weighted by molar-refractivity contribution is 5.14. The second-order valence-corrected chi connectivity index (χ2v) is 6.00. The molecule has 1 aromatic carbocycles. The number of methoxy groups -OCH3 is 1. The van der Waals surface area contributed by atoms with Crippen molar-refractivity contribution in [2.24, 2.45) is 0 Å². The van der Waals surface area contributed by atoms with Gasteiger partial charge in [-0.3, -0.25) is 9.80 Å². The van der Waals surface area contributed by atoms with Gasteiger partial charge in [-0.2, -0.15) is 0 Å². The maximum absolute atomic E-state index is 9.88. The van der Waals surface area contributed by atoms with Gasteiger partial charge in [-0.15, -0.1) is 0 Å². The molecule has 1 aliphatic heterocycles. The van der Waals surface area contributed by atoms with Crippen molar-refractivity contribution in [2.45, 2.75) is 32.0 Å². The maximum Gasteiger partial charge on any atom is 0.0900 e. The fourth-order valence-electron chi connectivity index (χ4n) is 2.93. The zero-order valence-electron chi connectivity index (χ0n) is 13.2. The molecule has 4 nitrogen and oxygen atoms in total. The van der Waals surface area contributed by atoms with E-state index in [2.05, 4.69) is 47.1 Å². The van der Waals surface area contributed by atoms with Gasteiger partial charge in [0.15, 0.2) is 0 Å². The number of nitrogens with zero attached hydrogens (tertiary/aromatic N) is 2. The minimum atomic E-state index is -0.383. The molecule has 2 atom stereocenters. The van der Waals surface area contributed by atoms with Crippen molar-refractivity contribution in [1.82, 2.24) is 9.80 Å². The van der Waals surface area contributed by atoms with Gasteiger partial charge in [-0.05, 0) is 25.5 Å². The molecular weight excluding hydrogens is 264 g/mol. The Morgan fingerprint density at radius 3 is 2.71 bits per heavy atom. The van der Waals surface area contributed by atoms with E-state index in [0.29, 0.717) is 19.2 Å². The topological polar surface area (TPSA) is 35.9 Å². The molecule has 1 aromatic rings. The number of β-amino-alcohol motifs (C(OH)–C–C–N with tert-alkyl or cyclic N) is 1. The van der Waals surface area contributed by atoms with Crippen molar-refractivity contribution >= 4 is 0 Å². The highest BCUT2D eigenvalue weighted by Gasteiger charge is 2.22. The quantitative estimate of drug-likeness (QED) is 0.864. The molecule has 0 unspecified atom stereocenters. The Hall–Kier alpha value is -0.940. The largest absolute Gasteiger partial charge is 0.389 e. The summed E-state index contributed by atoms with van der Waals surface area (Å²) < 4.78 is 5.01. The minimum Gasteiger partial charge on any atom is -0.389 e. The summed E-state index contributed by atoms with van der Waals surface area (Å²) >= 11 is 0. The van der Waals surface area contributed by atoms with E-state index < -0.39 is 0 Å². The molecule has 1 fully saturated rings. The first-order chi connectivity index (χ1) is 10.2. The average molecular weight is 292 g/mol. The molecule has 0 amide bonds. The predicted molar refractivity (Wildman–Crippen MR) is 85.3 cm³/mol. The van der Waals surface area contributed by atoms with Crippen LogP contribution in [0.5, 0.6) is 0 Å². The van der Waals surface area contributed by atoms with E-state index in [-0.39, 0.29) is 6.10 Å². The van der Waals surface area contributed by atoms with Crippen LogP contribution in [0.4, 0.5) is 0 Å². The molecule has 1 N–H and O–H groups in total. The maximum atomic E-state index is 9.88. The lowest BCUT2D eigenvalue weighted by atomic mass is 10.1. The summed E-state index contributed by atoms with van der Waals surface area (Å²) in [5, 5.41) is 9.88. The lowest BCUT2D eigenvalue weighted by Gasteiger charge is -2.26. The molecule has 1 aliphatic rings. The second kappa shape index (κ2) is 8.49. The van der Waals surface area contributed by atoms with Crippen LogP contribution in [0, 0.1) is 0 Å². The Morgan fingerprint density at radius 2 is 2.00 bits per heavy atom. The first-order valence-electron chi connectivity index (χ1n) is 7.86. The molecule has 0 saturated carbocycles. The lowest BCUT2D eigenvalue weighted by molar-refractivity contribution is 0.0385. The summed E-state index contributed by atoms with van der Waals surface area (Å²) in [4.78, 5) is 4.89. The number of aliphatic hydroxyl groups excluding tert-OH is 1. The zero-order valence-corrected chi connectivity index (χ0v) is 13.2. The fourth-order valence-corrected chi connectivity index (χ4v) is 2.93. The summed E-state index contributed by atoms with van der Waals surface area (Å²) in [6.07, 6.45) is 0.762. The normalized spacial score (nSPS) is 22.9. The second-order valence-electron chi connectivity index (χ2n) is 6.00. The molecule has 1 heterocycles. The summed E-state index contributed by atoms with van der Waals surface area (Å²) in [6.45, 7) is 7.55. The first-order valence-corrected chi connectivity index (χ1v) is 7.86. The van der Waals surface area contributed by atoms with Gasteiger partial charge >= 0.3 is 0 Å². The summed E-state index contributed by atoms with van der Waals surface area (Å²) in [6, 6.07) is 11.2. The number of hydrogen-bond acceptors (Lipinski definition) is 4. The fraction of sp³-hybridized carbons (Fsp3) is 0.647. The van der Waals surface area contributed by atoms with Crippen LogP contribution in [0.15, 0.2) is 30.3 Å². The van der Waals surface area contributed by atoms with E-state index in [1.165, 1.54) is 5.56 Å². The monoisotopic (exact) mass is 292 g/mol. The van der Waals surface area contributed by atoms with Gasteiger partial charge in [0.2, 0.25) is 0 Å². The Kier molecular flexibility index (Phi) is 6.64. The number of hydrogen-bond donors (Lipinski definition) is 1. The highest BCUT2D eigenvalue weighted by Crippen LogP contribution is 2.15. The van der Waals surface area contributed by atoms with Crippen molar-refractivity contribution in [3.8, 4) is 0 Å². The van der Waals surface area contributed by atoms with Gasteiger partial charge in [0.1, 0.15) is 0 Å². The van der Waals surface area contributed by atoms with Gasteiger partial charge in [-0.25, -0.2) is 0 Å². The molecule has 0 bridgehead atoms. The third-order valence-corrected chi connectivity index (χ3v) is 4.25. The van der Waals surface area contributed by atoms with Gasteiger partial charge in [0.05, 0.1) is 12.7 Å². The van der Waals surface area contributed by atoms with Crippen LogP contribution in [0.2, 0.25) is 0 Å². The summed E-state index contributed by atoms with van der Waals surface area (Å²) in [5.74, 6) is 0. The van der Waals surface area contributed by atoms with Crippen LogP contribution in [0.25, 0.3) is 0 Å². The van der Waals surface area contributed by atoms with E-state index in [1.807, 2.05) is 0 Å². The Balaban J connectivity index is 1.86. The molecule has 118 valence electrons. The summed E-state index contributed by atoms with van der Waals surface area (Å²) in [7, 11) is 1.63. The van der Waals surface area contributed by atoms with E-state index >= 15 is 0 Å². The Bertz CT molecular complexity index is 399. The smallest absolute Gasteiger partial charge is 0.0900 e. The molecule has 21 heavy (non-hydrogen) atoms. The van der Waals surface area contributed by atoms with Crippen molar-refractivity contribution in [3.05, 3.63) is 35.9 Å². The van der Waals surface area contributed by atoms with Crippen LogP contribution < -0.4 is 0 Å². The third kappa shape index (κ3) is 5.40. The molecular formula is C17H28N2O2. The lowest BCUT2D eigenvalue weighted by Crippen LogP contribution is -2.37. The van der Waals surface area contributed by atoms with E-state index in [4.69, 9.17) is 4.74 Å². The van der Waals surface area contributed by atoms with E-state index in [0.717, 1.165) is 32.6 Å². The number of ether oxygens (including phenoxy) is 1. The van der Waals surface area contributed by atoms with Crippen LogP contribution >= 0.6 is 0 Å². The SMILES string of the molecule is COC[C@@H](O)CN1CC[C@@H](C)N(Cc2ccccc2)CC1. The van der Waals surface area contributed by atoms with Crippen LogP contribution in [-0.4, -0.2) is 66.9 Å². The number of rotatable bonds is 6. The summed E-state index contributed by atoms with van der Waals surface area (Å²) in [5.41, 5.74) is 1.37. The van der Waals surface area contributed by atoms with E-state index in [1.54, 1.807) is 7.11 Å². The van der Waals surface area contributed by atoms with Crippen LogP contribution in [-0.2, 0) is 11.3 Å². The molecule has 0 aliphatic carbocycles. The molecule has 2 rings (SSSR count). The molecule has 4 heteroatoms. The van der Waals surface area contributed by atoms with Crippen molar-refractivity contribution in [3.63, 3.8) is 0 Å². The van der Waals surface area contributed by atoms with Gasteiger partial charge in [0.25, 0.3) is 0 Å². The predicted octanol–water partition coefficient (Wildman–Crippen LogP) is 1.59. The average Bonchev–Trinajstić information content (AvgIpc) is 2.64. The third-order valence-electron chi connectivity index (χ3n) is 4.25. The molecule has 0 radical (unpaired) electrons. The first kappa shape index (κ1) is 16.4. The zero-order chi connectivity index (χ0) is 15.1. The van der Waals surface area contributed by atoms with Crippen molar-refractivity contribution in [2.75, 3.05) is 39.9 Å². The van der Waals surface area contributed by atoms with Gasteiger partial charge in [-0.1, -0.05) is 30.3 Å². The van der Waals surface area contributed by atoms with Crippen LogP contribution in [0.3, 0.4) is 0 Å². The standard InChI is InChI=1S/C17H28N2O2/c1-15-8-9-18(13-17(20)14-21-2)10-11-19(15)12-16-6-4-3-5-7-16/h3-7,15,17,20H,8-14H2,1-2H3/t15-,17+/m1/s1. The minimum absolute atomic E-state index is 0.383. The number of aliphatic hydroxyl groups is 1. The molecule has 1 saturated heterocycles. The van der Waals surface area contributed by atoms with Gasteiger partial charge < -0.3 is 9.84 Å². The van der Waals surface area contributed by atoms with Crippen molar-refractivity contribution in [1.29, 1.82) is 0 Å². The Morgan fingerprint density at radius 1 is 1.24 bits per heavy atom. The highest BCUT2D eigenvalue weighted by atomic mass is 16.5. The number of benzene rings is 1. The Labute approximate surface area is 128 Å². The van der Waals surface area contributed by atoms with Crippen LogP contribution in [0.1, 0.15) is 18.9 Å². The molecule has 0 spiro atoms.